The van der Waals surface area contributed by atoms with Gasteiger partial charge in [0.05, 0.1) is 23.5 Å². The lowest BCUT2D eigenvalue weighted by Gasteiger charge is -2.27. The van der Waals surface area contributed by atoms with E-state index in [4.69, 9.17) is 26.6 Å². The molecule has 0 saturated heterocycles. The number of rotatable bonds is 7. The number of fused-ring (bicyclic) bond motifs is 2. The van der Waals surface area contributed by atoms with E-state index in [2.05, 4.69) is 30.2 Å². The molecule has 2 aliphatic carbocycles. The highest BCUT2D eigenvalue weighted by Gasteiger charge is 2.40. The lowest BCUT2D eigenvalue weighted by Crippen LogP contribution is -2.39. The van der Waals surface area contributed by atoms with Gasteiger partial charge < -0.3 is 9.47 Å². The number of aromatic nitrogens is 6. The fourth-order valence-corrected chi connectivity index (χ4v) is 4.82. The molecular formula is C30H35ClN11O6+. The van der Waals surface area contributed by atoms with Crippen molar-refractivity contribution in [3.05, 3.63) is 40.8 Å². The minimum Gasteiger partial charge on any atom is -0.443 e. The lowest BCUT2D eigenvalue weighted by molar-refractivity contribution is 0.0564. The molecule has 2 aliphatic rings. The molecule has 2 amide bonds. The summed E-state index contributed by atoms with van der Waals surface area (Å²) >= 11 is 6.07. The fraction of sp³-hybridized carbons (Fsp3) is 0.467. The van der Waals surface area contributed by atoms with Crippen LogP contribution in [-0.4, -0.2) is 77.2 Å². The van der Waals surface area contributed by atoms with Gasteiger partial charge in [-0.25, -0.2) is 19.6 Å². The molecule has 2 saturated carbocycles. The molecule has 4 aromatic heterocycles. The van der Waals surface area contributed by atoms with Gasteiger partial charge in [0.2, 0.25) is 10.7 Å². The quantitative estimate of drug-likeness (QED) is 0.109. The fourth-order valence-electron chi connectivity index (χ4n) is 4.65. The van der Waals surface area contributed by atoms with E-state index in [-0.39, 0.29) is 34.3 Å². The number of amides is 2. The first kappa shape index (κ1) is 34.1. The van der Waals surface area contributed by atoms with Crippen LogP contribution in [0.2, 0.25) is 5.15 Å². The molecule has 0 atom stereocenters. The van der Waals surface area contributed by atoms with Crippen molar-refractivity contribution >= 4 is 65.1 Å². The number of halogens is 1. The molecule has 6 rings (SSSR count). The third-order valence-electron chi connectivity index (χ3n) is 6.82. The maximum absolute atomic E-state index is 12.7. The zero-order valence-corrected chi connectivity index (χ0v) is 28.0. The molecule has 2 fully saturated rings. The number of carbonyl (C=O) groups excluding carboxylic acids is 4. The van der Waals surface area contributed by atoms with Crippen molar-refractivity contribution in [2.24, 2.45) is 5.11 Å². The highest BCUT2D eigenvalue weighted by molar-refractivity contribution is 6.30. The van der Waals surface area contributed by atoms with Crippen LogP contribution in [-0.2, 0) is 9.47 Å². The van der Waals surface area contributed by atoms with Crippen LogP contribution in [0.5, 0.6) is 0 Å². The average molecular weight is 681 g/mol. The summed E-state index contributed by atoms with van der Waals surface area (Å²) in [6, 6.07) is 3.06. The molecule has 0 aliphatic heterocycles. The predicted octanol–water partition coefficient (Wildman–Crippen LogP) is 5.73. The van der Waals surface area contributed by atoms with Gasteiger partial charge in [0.15, 0.2) is 29.0 Å². The second-order valence-electron chi connectivity index (χ2n) is 13.2. The minimum absolute atomic E-state index is 0.0230. The molecule has 48 heavy (non-hydrogen) atoms. The Balaban J connectivity index is 0.000000188. The van der Waals surface area contributed by atoms with Crippen molar-refractivity contribution in [1.29, 1.82) is 5.53 Å². The number of anilines is 2. The van der Waals surface area contributed by atoms with Gasteiger partial charge in [-0.3, -0.25) is 19.4 Å². The molecule has 4 heterocycles. The Morgan fingerprint density at radius 3 is 1.69 bits per heavy atom. The van der Waals surface area contributed by atoms with E-state index in [1.165, 1.54) is 37.3 Å². The van der Waals surface area contributed by atoms with Gasteiger partial charge in [-0.2, -0.15) is 19.2 Å². The Bertz CT molecular complexity index is 1950. The predicted molar refractivity (Wildman–Crippen MR) is 172 cm³/mol. The zero-order chi connectivity index (χ0) is 35.0. The van der Waals surface area contributed by atoms with Crippen LogP contribution in [0, 0.1) is 5.53 Å². The first-order valence-corrected chi connectivity index (χ1v) is 15.5. The minimum atomic E-state index is -0.655. The number of nitrogens with one attached hydrogen (secondary N) is 1. The Kier molecular flexibility index (Phi) is 9.28. The molecule has 4 aromatic rings. The smallest absolute Gasteiger partial charge is 0.416 e. The molecule has 252 valence electrons. The van der Waals surface area contributed by atoms with Gasteiger partial charge in [-0.05, 0) is 67.2 Å². The first-order chi connectivity index (χ1) is 22.6. The summed E-state index contributed by atoms with van der Waals surface area (Å²) in [4.78, 5) is 61.9. The van der Waals surface area contributed by atoms with Crippen LogP contribution < -0.4 is 14.7 Å². The summed E-state index contributed by atoms with van der Waals surface area (Å²) in [6.07, 6.45) is 6.48. The summed E-state index contributed by atoms with van der Waals surface area (Å²) in [5.41, 5.74) is 6.76. The summed E-state index contributed by atoms with van der Waals surface area (Å²) in [7, 11) is 0. The van der Waals surface area contributed by atoms with Crippen LogP contribution in [0.1, 0.15) is 87.9 Å². The van der Waals surface area contributed by atoms with E-state index in [0.717, 1.165) is 25.7 Å². The Labute approximate surface area is 279 Å². The standard InChI is InChI=1S/C15H17ClN4O3.C15H18N7O3/c1-15(2,3)23-14(22)19(10-4-5-10)12-6-11(16)18-13-9(8-21)7-17-20(12)13;1-15(2,3)25-14(24)21(10-4-5-10)12-6-11(19-20-16)18-13-9(8-23)7-17-22(12)13/h6-8,10H,4-5H2,1-3H3;6-8,10,16H,4-5H2,1-3H3/q;+1. The van der Waals surface area contributed by atoms with Gasteiger partial charge in [-0.1, -0.05) is 11.6 Å². The van der Waals surface area contributed by atoms with Gasteiger partial charge in [0.25, 0.3) is 0 Å². The second-order valence-corrected chi connectivity index (χ2v) is 13.6. The molecule has 0 unspecified atom stereocenters. The Morgan fingerprint density at radius 2 is 1.29 bits per heavy atom. The van der Waals surface area contributed by atoms with E-state index < -0.39 is 23.4 Å². The number of carbonyl (C=O) groups is 4. The SMILES string of the molecule is CC(C)(C)OC(=O)N(c1cc(Cl)nc2c(C=O)cnn12)C1CC1.CC(C)(C)OC(=O)N(c1cc(N=[N+]=N)nc2c(C=O)cnn12)C1CC1. The molecule has 0 aromatic carbocycles. The number of nitrogens with zero attached hydrogens (tertiary/aromatic N) is 10. The van der Waals surface area contributed by atoms with Crippen molar-refractivity contribution < 1.29 is 28.7 Å². The summed E-state index contributed by atoms with van der Waals surface area (Å²) < 4.78 is 13.8. The van der Waals surface area contributed by atoms with Gasteiger partial charge in [0, 0.05) is 24.2 Å². The number of hydrogen-bond donors (Lipinski definition) is 1. The number of aldehydes is 2. The first-order valence-electron chi connectivity index (χ1n) is 15.1. The van der Waals surface area contributed by atoms with Crippen LogP contribution in [0.3, 0.4) is 0 Å². The zero-order valence-electron chi connectivity index (χ0n) is 27.2. The normalized spacial score (nSPS) is 14.4. The van der Waals surface area contributed by atoms with Crippen LogP contribution in [0.4, 0.5) is 27.0 Å². The van der Waals surface area contributed by atoms with Gasteiger partial charge in [0.1, 0.15) is 33.5 Å². The monoisotopic (exact) mass is 680 g/mol. The molecule has 1 N–H and O–H groups in total. The third kappa shape index (κ3) is 7.64. The molecule has 0 spiro atoms. The largest absolute Gasteiger partial charge is 0.443 e. The summed E-state index contributed by atoms with van der Waals surface area (Å²) in [5, 5.41) is 12.1. The number of hydrogen-bond acceptors (Lipinski definition) is 12. The van der Waals surface area contributed by atoms with Crippen molar-refractivity contribution in [1.82, 2.24) is 34.1 Å². The van der Waals surface area contributed by atoms with Gasteiger partial charge in [-0.15, -0.1) is 0 Å². The van der Waals surface area contributed by atoms with E-state index >= 15 is 0 Å². The van der Waals surface area contributed by atoms with E-state index in [1.54, 1.807) is 26.8 Å². The Morgan fingerprint density at radius 1 is 0.854 bits per heavy atom. The second kappa shape index (κ2) is 13.1. The maximum atomic E-state index is 12.7. The highest BCUT2D eigenvalue weighted by Crippen LogP contribution is 2.36. The summed E-state index contributed by atoms with van der Waals surface area (Å²) in [5.74, 6) is 0.928. The van der Waals surface area contributed by atoms with Crippen LogP contribution >= 0.6 is 11.6 Å². The molecule has 0 radical (unpaired) electrons. The lowest BCUT2D eigenvalue weighted by atomic mass is 10.2. The maximum Gasteiger partial charge on any atom is 0.416 e. The molecule has 17 nitrogen and oxygen atoms in total. The van der Waals surface area contributed by atoms with E-state index in [9.17, 15) is 19.2 Å². The van der Waals surface area contributed by atoms with Crippen LogP contribution in [0.25, 0.3) is 11.3 Å². The van der Waals surface area contributed by atoms with Crippen molar-refractivity contribution in [3.63, 3.8) is 0 Å². The molecule has 18 heteroatoms. The highest BCUT2D eigenvalue weighted by atomic mass is 35.5. The van der Waals surface area contributed by atoms with Gasteiger partial charge >= 0.3 is 12.2 Å². The molecular weight excluding hydrogens is 646 g/mol. The average Bonchev–Trinajstić information content (AvgIpc) is 3.91. The Hall–Kier alpha value is -5.28. The van der Waals surface area contributed by atoms with Crippen molar-refractivity contribution in [3.8, 4) is 0 Å². The number of ether oxygens (including phenoxy) is 2. The van der Waals surface area contributed by atoms with E-state index in [1.807, 2.05) is 20.8 Å². The van der Waals surface area contributed by atoms with Crippen LogP contribution in [0.15, 0.2) is 29.6 Å². The third-order valence-corrected chi connectivity index (χ3v) is 7.01. The van der Waals surface area contributed by atoms with E-state index in [0.29, 0.717) is 35.4 Å². The van der Waals surface area contributed by atoms with Crippen molar-refractivity contribution in [2.75, 3.05) is 9.80 Å². The topological polar surface area (TPSA) is 204 Å². The molecule has 0 bridgehead atoms. The summed E-state index contributed by atoms with van der Waals surface area (Å²) in [6.45, 7) is 10.8. The van der Waals surface area contributed by atoms with Crippen molar-refractivity contribution in [2.45, 2.75) is 90.5 Å².